The van der Waals surface area contributed by atoms with Crippen LogP contribution in [-0.2, 0) is 13.6 Å². The van der Waals surface area contributed by atoms with Gasteiger partial charge in [-0.15, -0.1) is 0 Å². The summed E-state index contributed by atoms with van der Waals surface area (Å²) in [5, 5.41) is 17.5. The van der Waals surface area contributed by atoms with Crippen molar-refractivity contribution < 1.29 is 14.7 Å². The van der Waals surface area contributed by atoms with Crippen molar-refractivity contribution in [2.24, 2.45) is 7.05 Å². The van der Waals surface area contributed by atoms with Crippen molar-refractivity contribution in [1.82, 2.24) is 14.7 Å². The third kappa shape index (κ3) is 2.10. The van der Waals surface area contributed by atoms with E-state index in [4.69, 9.17) is 5.11 Å². The van der Waals surface area contributed by atoms with Crippen molar-refractivity contribution in [3.05, 3.63) is 53.7 Å². The van der Waals surface area contributed by atoms with Crippen molar-refractivity contribution in [3.63, 3.8) is 0 Å². The molecular formula is C17H14N4O3. The summed E-state index contributed by atoms with van der Waals surface area (Å²) in [6.45, 7) is 0.0840. The molecule has 2 amide bonds. The zero-order chi connectivity index (χ0) is 16.8. The van der Waals surface area contributed by atoms with Crippen LogP contribution in [-0.4, -0.2) is 31.8 Å². The van der Waals surface area contributed by atoms with Gasteiger partial charge in [-0.1, -0.05) is 12.1 Å². The number of aryl methyl sites for hydroxylation is 1. The molecular weight excluding hydrogens is 308 g/mol. The number of benzene rings is 2. The van der Waals surface area contributed by atoms with E-state index in [2.05, 4.69) is 10.4 Å². The van der Waals surface area contributed by atoms with E-state index in [1.165, 1.54) is 0 Å². The number of nitrogens with one attached hydrogen (secondary N) is 1. The Kier molecular flexibility index (Phi) is 3.02. The van der Waals surface area contributed by atoms with E-state index in [0.717, 1.165) is 21.5 Å². The highest BCUT2D eigenvalue weighted by Gasteiger charge is 2.33. The predicted molar refractivity (Wildman–Crippen MR) is 88.3 cm³/mol. The van der Waals surface area contributed by atoms with Crippen LogP contribution in [0.25, 0.3) is 10.9 Å². The molecule has 120 valence electrons. The summed E-state index contributed by atoms with van der Waals surface area (Å²) in [4.78, 5) is 24.4. The van der Waals surface area contributed by atoms with Gasteiger partial charge in [-0.2, -0.15) is 5.10 Å². The van der Waals surface area contributed by atoms with Gasteiger partial charge < -0.3 is 10.4 Å². The molecule has 0 aliphatic carbocycles. The number of carbonyl (C=O) groups excluding carboxylic acids is 1. The maximum absolute atomic E-state index is 12.4. The van der Waals surface area contributed by atoms with Crippen LogP contribution in [0.4, 0.5) is 16.2 Å². The number of amides is 2. The van der Waals surface area contributed by atoms with E-state index in [1.54, 1.807) is 23.0 Å². The largest absolute Gasteiger partial charge is 0.465 e. The lowest BCUT2D eigenvalue weighted by atomic mass is 10.1. The molecule has 4 rings (SSSR count). The molecule has 0 atom stereocenters. The quantitative estimate of drug-likeness (QED) is 0.757. The number of anilines is 2. The number of carboxylic acid groups (broad SMARTS) is 1. The molecule has 2 N–H and O–H groups in total. The molecule has 0 spiro atoms. The summed E-state index contributed by atoms with van der Waals surface area (Å²) in [5.74, 6) is -0.497. The van der Waals surface area contributed by atoms with Crippen molar-refractivity contribution in [2.75, 3.05) is 5.32 Å². The van der Waals surface area contributed by atoms with Crippen molar-refractivity contribution in [3.8, 4) is 0 Å². The number of carbonyl (C=O) groups is 2. The summed E-state index contributed by atoms with van der Waals surface area (Å²) in [6.07, 6.45) is 0.534. The Balaban J connectivity index is 1.72. The van der Waals surface area contributed by atoms with Gasteiger partial charge in [0.25, 0.3) is 5.91 Å². The second-order valence-corrected chi connectivity index (χ2v) is 5.68. The number of hydrogen-bond acceptors (Lipinski definition) is 4. The first-order chi connectivity index (χ1) is 11.5. The second kappa shape index (κ2) is 5.09. The topological polar surface area (TPSA) is 87.5 Å². The minimum Gasteiger partial charge on any atom is -0.465 e. The van der Waals surface area contributed by atoms with Gasteiger partial charge in [0.1, 0.15) is 0 Å². The summed E-state index contributed by atoms with van der Waals surface area (Å²) < 4.78 is 1.79. The molecule has 2 heterocycles. The van der Waals surface area contributed by atoms with Gasteiger partial charge >= 0.3 is 6.09 Å². The molecule has 0 saturated heterocycles. The predicted octanol–water partition coefficient (Wildman–Crippen LogP) is 2.95. The van der Waals surface area contributed by atoms with E-state index in [9.17, 15) is 9.59 Å². The first-order valence-corrected chi connectivity index (χ1v) is 7.40. The highest BCUT2D eigenvalue weighted by atomic mass is 16.4. The van der Waals surface area contributed by atoms with Crippen LogP contribution < -0.4 is 5.32 Å². The highest BCUT2D eigenvalue weighted by molar-refractivity contribution is 6.10. The Hall–Kier alpha value is -3.35. The molecule has 7 heteroatoms. The Morgan fingerprint density at radius 2 is 2.12 bits per heavy atom. The molecule has 0 saturated carbocycles. The van der Waals surface area contributed by atoms with Crippen LogP contribution in [0.1, 0.15) is 15.9 Å². The molecule has 0 radical (unpaired) electrons. The smallest absolute Gasteiger partial charge is 0.414 e. The van der Waals surface area contributed by atoms with Crippen LogP contribution in [0.3, 0.4) is 0 Å². The fourth-order valence-corrected chi connectivity index (χ4v) is 3.02. The zero-order valence-electron chi connectivity index (χ0n) is 12.9. The lowest BCUT2D eigenvalue weighted by Crippen LogP contribution is -2.29. The molecule has 7 nitrogen and oxygen atoms in total. The van der Waals surface area contributed by atoms with Gasteiger partial charge in [0.05, 0.1) is 29.5 Å². The lowest BCUT2D eigenvalue weighted by molar-refractivity contribution is 0.0764. The van der Waals surface area contributed by atoms with Crippen LogP contribution in [0, 0.1) is 0 Å². The number of imide groups is 1. The van der Waals surface area contributed by atoms with Gasteiger partial charge in [-0.25, -0.2) is 9.69 Å². The van der Waals surface area contributed by atoms with Gasteiger partial charge in [-0.3, -0.25) is 9.48 Å². The third-order valence-electron chi connectivity index (χ3n) is 4.19. The number of rotatable bonds is 2. The van der Waals surface area contributed by atoms with E-state index in [-0.39, 0.29) is 6.54 Å². The molecule has 3 aromatic rings. The zero-order valence-corrected chi connectivity index (χ0v) is 12.9. The monoisotopic (exact) mass is 322 g/mol. The fraction of sp³-hybridized carbons (Fsp3) is 0.118. The maximum atomic E-state index is 12.4. The summed E-state index contributed by atoms with van der Waals surface area (Å²) in [7, 11) is 1.87. The SMILES string of the molecule is Cn1ncc2cc(Nc3cccc4c3C(=O)N(C(=O)O)C4)ccc21. The van der Waals surface area contributed by atoms with Crippen molar-refractivity contribution >= 4 is 34.3 Å². The highest BCUT2D eigenvalue weighted by Crippen LogP contribution is 2.32. The molecule has 1 aliphatic heterocycles. The molecule has 2 aromatic carbocycles. The minimum atomic E-state index is -1.24. The normalized spacial score (nSPS) is 13.4. The Bertz CT molecular complexity index is 993. The Morgan fingerprint density at radius 1 is 1.29 bits per heavy atom. The lowest BCUT2D eigenvalue weighted by Gasteiger charge is -2.11. The molecule has 0 unspecified atom stereocenters. The van der Waals surface area contributed by atoms with E-state index < -0.39 is 12.0 Å². The first-order valence-electron chi connectivity index (χ1n) is 7.40. The Morgan fingerprint density at radius 3 is 2.92 bits per heavy atom. The molecule has 24 heavy (non-hydrogen) atoms. The molecule has 0 bridgehead atoms. The molecule has 1 aliphatic rings. The number of nitrogens with zero attached hydrogens (tertiary/aromatic N) is 3. The minimum absolute atomic E-state index is 0.0840. The Labute approximate surface area is 137 Å². The first kappa shape index (κ1) is 14.3. The van der Waals surface area contributed by atoms with Crippen LogP contribution >= 0.6 is 0 Å². The van der Waals surface area contributed by atoms with Gasteiger partial charge in [0, 0.05) is 18.1 Å². The summed E-state index contributed by atoms with van der Waals surface area (Å²) in [5.41, 5.74) is 3.53. The number of aromatic nitrogens is 2. The third-order valence-corrected chi connectivity index (χ3v) is 4.19. The van der Waals surface area contributed by atoms with Crippen LogP contribution in [0.2, 0.25) is 0 Å². The van der Waals surface area contributed by atoms with Crippen molar-refractivity contribution in [1.29, 1.82) is 0 Å². The maximum Gasteiger partial charge on any atom is 0.414 e. The molecule has 0 fully saturated rings. The van der Waals surface area contributed by atoms with E-state index >= 15 is 0 Å². The summed E-state index contributed by atoms with van der Waals surface area (Å²) >= 11 is 0. The fourth-order valence-electron chi connectivity index (χ4n) is 3.02. The van der Waals surface area contributed by atoms with Gasteiger partial charge in [-0.05, 0) is 29.8 Å². The van der Waals surface area contributed by atoms with Crippen molar-refractivity contribution in [2.45, 2.75) is 6.54 Å². The van der Waals surface area contributed by atoms with Crippen LogP contribution in [0.15, 0.2) is 42.6 Å². The summed E-state index contributed by atoms with van der Waals surface area (Å²) in [6, 6.07) is 11.1. The second-order valence-electron chi connectivity index (χ2n) is 5.68. The average molecular weight is 322 g/mol. The van der Waals surface area contributed by atoms with E-state index in [1.807, 2.05) is 31.3 Å². The molecule has 1 aromatic heterocycles. The number of fused-ring (bicyclic) bond motifs is 2. The van der Waals surface area contributed by atoms with Gasteiger partial charge in [0.15, 0.2) is 0 Å². The van der Waals surface area contributed by atoms with Crippen LogP contribution in [0.5, 0.6) is 0 Å². The van der Waals surface area contributed by atoms with Gasteiger partial charge in [0.2, 0.25) is 0 Å². The van der Waals surface area contributed by atoms with E-state index in [0.29, 0.717) is 16.8 Å². The average Bonchev–Trinajstić information content (AvgIpc) is 3.09. The standard InChI is InChI=1S/C17H14N4O3/c1-20-14-6-5-12(7-11(14)8-18-20)19-13-4-2-3-10-9-21(17(23)24)16(22)15(10)13/h2-8,19H,9H2,1H3,(H,23,24). The number of hydrogen-bond donors (Lipinski definition) is 2.